The quantitative estimate of drug-likeness (QED) is 0.606. The van der Waals surface area contributed by atoms with Crippen LogP contribution < -0.4 is 4.72 Å². The number of rotatable bonds is 6. The summed E-state index contributed by atoms with van der Waals surface area (Å²) in [6.45, 7) is 1.54. The van der Waals surface area contributed by atoms with Crippen LogP contribution in [0, 0.1) is 22.5 Å². The normalized spacial score (nSPS) is 16.7. The van der Waals surface area contributed by atoms with Gasteiger partial charge in [-0.15, -0.1) is 0 Å². The molecule has 21 heavy (non-hydrogen) atoms. The van der Waals surface area contributed by atoms with E-state index < -0.39 is 20.6 Å². The van der Waals surface area contributed by atoms with Crippen molar-refractivity contribution in [2.24, 2.45) is 5.41 Å². The third-order valence-corrected chi connectivity index (χ3v) is 5.51. The van der Waals surface area contributed by atoms with E-state index in [2.05, 4.69) is 4.72 Å². The molecule has 0 bridgehead atoms. The Bertz CT molecular complexity index is 685. The number of aliphatic hydroxyl groups excluding tert-OH is 1. The fourth-order valence-corrected chi connectivity index (χ4v) is 3.65. The van der Waals surface area contributed by atoms with Crippen LogP contribution in [0.3, 0.4) is 0 Å². The van der Waals surface area contributed by atoms with E-state index in [1.54, 1.807) is 0 Å². The Morgan fingerprint density at radius 3 is 2.57 bits per heavy atom. The van der Waals surface area contributed by atoms with Crippen LogP contribution in [0.5, 0.6) is 0 Å². The lowest BCUT2D eigenvalue weighted by Crippen LogP contribution is -2.32. The summed E-state index contributed by atoms with van der Waals surface area (Å²) in [6, 6.07) is 2.21. The Morgan fingerprint density at radius 1 is 1.48 bits per heavy atom. The third-order valence-electron chi connectivity index (χ3n) is 3.66. The molecule has 0 radical (unpaired) electrons. The summed E-state index contributed by atoms with van der Waals surface area (Å²) in [4.78, 5) is 9.96. The van der Waals surface area contributed by atoms with Crippen molar-refractivity contribution in [1.29, 1.82) is 0 Å². The molecule has 0 amide bonds. The summed E-state index contributed by atoms with van der Waals surface area (Å²) in [5.41, 5.74) is -0.517. The van der Waals surface area contributed by atoms with E-state index in [1.807, 2.05) is 0 Å². The van der Waals surface area contributed by atoms with Gasteiger partial charge in [-0.25, -0.2) is 13.1 Å². The number of halogens is 1. The number of nitro groups is 1. The molecule has 1 aromatic carbocycles. The standard InChI is InChI=1S/C12H15ClN2O5S/c1-8-4-9(13)10(15(17)18)5-11(8)21(19,20)14-6-12(7-16)2-3-12/h4-5,14,16H,2-3,6-7H2,1H3. The van der Waals surface area contributed by atoms with E-state index in [0.29, 0.717) is 5.56 Å². The van der Waals surface area contributed by atoms with Gasteiger partial charge in [0.1, 0.15) is 5.02 Å². The molecular weight excluding hydrogens is 320 g/mol. The van der Waals surface area contributed by atoms with E-state index in [-0.39, 0.29) is 28.5 Å². The number of nitro benzene ring substituents is 1. The van der Waals surface area contributed by atoms with Gasteiger partial charge in [0.2, 0.25) is 10.0 Å². The maximum absolute atomic E-state index is 12.3. The maximum Gasteiger partial charge on any atom is 0.289 e. The second kappa shape index (κ2) is 5.53. The maximum atomic E-state index is 12.3. The topological polar surface area (TPSA) is 110 Å². The Hall–Kier alpha value is -1.22. The number of nitrogens with one attached hydrogen (secondary N) is 1. The minimum Gasteiger partial charge on any atom is -0.396 e. The predicted octanol–water partition coefficient (Wildman–Crippen LogP) is 1.61. The summed E-state index contributed by atoms with van der Waals surface area (Å²) in [6.07, 6.45) is 1.51. The molecule has 2 rings (SSSR count). The summed E-state index contributed by atoms with van der Waals surface area (Å²) in [7, 11) is -3.89. The van der Waals surface area contributed by atoms with Gasteiger partial charge in [0.05, 0.1) is 9.82 Å². The lowest BCUT2D eigenvalue weighted by molar-refractivity contribution is -0.384. The summed E-state index contributed by atoms with van der Waals surface area (Å²) < 4.78 is 26.9. The molecule has 0 aromatic heterocycles. The Morgan fingerprint density at radius 2 is 2.10 bits per heavy atom. The SMILES string of the molecule is Cc1cc(Cl)c([N+](=O)[O-])cc1S(=O)(=O)NCC1(CO)CC1. The van der Waals surface area contributed by atoms with Crippen molar-refractivity contribution in [3.8, 4) is 0 Å². The summed E-state index contributed by atoms with van der Waals surface area (Å²) in [5.74, 6) is 0. The average Bonchev–Trinajstić information content (AvgIpc) is 3.16. The van der Waals surface area contributed by atoms with Crippen molar-refractivity contribution in [3.05, 3.63) is 32.8 Å². The van der Waals surface area contributed by atoms with Crippen LogP contribution >= 0.6 is 11.6 Å². The molecule has 1 saturated carbocycles. The molecule has 0 heterocycles. The average molecular weight is 335 g/mol. The number of hydrogen-bond acceptors (Lipinski definition) is 5. The highest BCUT2D eigenvalue weighted by Gasteiger charge is 2.42. The van der Waals surface area contributed by atoms with E-state index in [4.69, 9.17) is 11.6 Å². The first kappa shape index (κ1) is 16.2. The Kier molecular flexibility index (Phi) is 4.25. The third kappa shape index (κ3) is 3.34. The van der Waals surface area contributed by atoms with Crippen LogP contribution in [0.15, 0.2) is 17.0 Å². The first-order valence-corrected chi connectivity index (χ1v) is 8.12. The van der Waals surface area contributed by atoms with Crippen molar-refractivity contribution in [3.63, 3.8) is 0 Å². The van der Waals surface area contributed by atoms with Crippen molar-refractivity contribution < 1.29 is 18.4 Å². The van der Waals surface area contributed by atoms with Gasteiger partial charge in [-0.05, 0) is 31.4 Å². The minimum atomic E-state index is -3.89. The van der Waals surface area contributed by atoms with Crippen molar-refractivity contribution >= 4 is 27.3 Å². The molecule has 0 saturated heterocycles. The highest BCUT2D eigenvalue weighted by molar-refractivity contribution is 7.89. The van der Waals surface area contributed by atoms with Crippen LogP contribution in [0.4, 0.5) is 5.69 Å². The Balaban J connectivity index is 2.31. The van der Waals surface area contributed by atoms with Crippen molar-refractivity contribution in [2.75, 3.05) is 13.2 Å². The monoisotopic (exact) mass is 334 g/mol. The fraction of sp³-hybridized carbons (Fsp3) is 0.500. The number of hydrogen-bond donors (Lipinski definition) is 2. The van der Waals surface area contributed by atoms with Crippen LogP contribution in [-0.2, 0) is 10.0 Å². The molecule has 1 aliphatic rings. The minimum absolute atomic E-state index is 0.0880. The lowest BCUT2D eigenvalue weighted by atomic mass is 10.1. The molecule has 0 spiro atoms. The zero-order valence-corrected chi connectivity index (χ0v) is 12.9. The van der Waals surface area contributed by atoms with Gasteiger partial charge in [0, 0.05) is 24.6 Å². The molecule has 116 valence electrons. The van der Waals surface area contributed by atoms with Gasteiger partial charge in [0.15, 0.2) is 0 Å². The molecule has 0 unspecified atom stereocenters. The first-order chi connectivity index (χ1) is 9.71. The van der Waals surface area contributed by atoms with Crippen LogP contribution in [-0.4, -0.2) is 31.6 Å². The molecule has 0 atom stereocenters. The molecule has 1 aliphatic carbocycles. The lowest BCUT2D eigenvalue weighted by Gasteiger charge is -2.14. The number of aliphatic hydroxyl groups is 1. The highest BCUT2D eigenvalue weighted by Crippen LogP contribution is 2.44. The van der Waals surface area contributed by atoms with Gasteiger partial charge < -0.3 is 5.11 Å². The molecule has 0 aliphatic heterocycles. The molecular formula is C12H15ClN2O5S. The smallest absolute Gasteiger partial charge is 0.289 e. The summed E-state index contributed by atoms with van der Waals surface area (Å²) in [5, 5.41) is 19.9. The van der Waals surface area contributed by atoms with Gasteiger partial charge >= 0.3 is 0 Å². The van der Waals surface area contributed by atoms with Gasteiger partial charge in [-0.1, -0.05) is 11.6 Å². The zero-order valence-electron chi connectivity index (χ0n) is 11.3. The molecule has 1 aromatic rings. The van der Waals surface area contributed by atoms with Crippen molar-refractivity contribution in [2.45, 2.75) is 24.7 Å². The van der Waals surface area contributed by atoms with Gasteiger partial charge in [-0.3, -0.25) is 10.1 Å². The van der Waals surface area contributed by atoms with Gasteiger partial charge in [0.25, 0.3) is 5.69 Å². The van der Waals surface area contributed by atoms with E-state index in [9.17, 15) is 23.6 Å². The highest BCUT2D eigenvalue weighted by atomic mass is 35.5. The van der Waals surface area contributed by atoms with E-state index >= 15 is 0 Å². The van der Waals surface area contributed by atoms with Crippen LogP contribution in [0.25, 0.3) is 0 Å². The second-order valence-corrected chi connectivity index (χ2v) is 7.45. The number of benzene rings is 1. The van der Waals surface area contributed by atoms with Crippen molar-refractivity contribution in [1.82, 2.24) is 4.72 Å². The predicted molar refractivity (Wildman–Crippen MR) is 76.8 cm³/mol. The first-order valence-electron chi connectivity index (χ1n) is 6.26. The van der Waals surface area contributed by atoms with E-state index in [0.717, 1.165) is 18.9 Å². The second-order valence-electron chi connectivity index (χ2n) is 5.31. The van der Waals surface area contributed by atoms with Gasteiger partial charge in [-0.2, -0.15) is 0 Å². The molecule has 2 N–H and O–H groups in total. The van der Waals surface area contributed by atoms with Crippen LogP contribution in [0.1, 0.15) is 18.4 Å². The number of aryl methyl sites for hydroxylation is 1. The van der Waals surface area contributed by atoms with E-state index in [1.165, 1.54) is 13.0 Å². The largest absolute Gasteiger partial charge is 0.396 e. The number of nitrogens with zero attached hydrogens (tertiary/aromatic N) is 1. The zero-order chi connectivity index (χ0) is 15.8. The summed E-state index contributed by atoms with van der Waals surface area (Å²) >= 11 is 5.74. The molecule has 7 nitrogen and oxygen atoms in total. The van der Waals surface area contributed by atoms with Crippen LogP contribution in [0.2, 0.25) is 5.02 Å². The molecule has 1 fully saturated rings. The Labute approximate surface area is 127 Å². The fourth-order valence-electron chi connectivity index (χ4n) is 1.96. The number of sulfonamides is 1. The molecule has 9 heteroatoms.